The van der Waals surface area contributed by atoms with Gasteiger partial charge in [-0.1, -0.05) is 30.5 Å². The van der Waals surface area contributed by atoms with Crippen LogP contribution in [0.2, 0.25) is 5.02 Å². The predicted octanol–water partition coefficient (Wildman–Crippen LogP) is 2.84. The molecule has 0 bridgehead atoms. The topological polar surface area (TPSA) is 46.5 Å². The SMILES string of the molecule is O=Cc1cccc(Cl)c1OCC1(O)CCCC1. The first kappa shape index (κ1) is 12.4. The fourth-order valence-corrected chi connectivity index (χ4v) is 2.39. The zero-order chi connectivity index (χ0) is 12.3. The molecule has 0 heterocycles. The minimum atomic E-state index is -0.765. The van der Waals surface area contributed by atoms with E-state index in [9.17, 15) is 9.90 Å². The number of aldehydes is 1. The first-order valence-corrected chi connectivity index (χ1v) is 6.11. The van der Waals surface area contributed by atoms with Gasteiger partial charge in [0.2, 0.25) is 0 Å². The molecule has 4 heteroatoms. The zero-order valence-electron chi connectivity index (χ0n) is 9.49. The first-order valence-electron chi connectivity index (χ1n) is 5.73. The molecule has 17 heavy (non-hydrogen) atoms. The Morgan fingerprint density at radius 2 is 2.12 bits per heavy atom. The van der Waals surface area contributed by atoms with Gasteiger partial charge in [-0.25, -0.2) is 0 Å². The summed E-state index contributed by atoms with van der Waals surface area (Å²) in [6.45, 7) is 0.192. The van der Waals surface area contributed by atoms with Crippen LogP contribution in [0.1, 0.15) is 36.0 Å². The third-order valence-electron chi connectivity index (χ3n) is 3.14. The van der Waals surface area contributed by atoms with Crippen LogP contribution in [0.15, 0.2) is 18.2 Å². The average Bonchev–Trinajstić information content (AvgIpc) is 2.75. The van der Waals surface area contributed by atoms with E-state index in [4.69, 9.17) is 16.3 Å². The second-order valence-corrected chi connectivity index (χ2v) is 4.90. The fourth-order valence-electron chi connectivity index (χ4n) is 2.15. The minimum absolute atomic E-state index is 0.192. The number of aliphatic hydroxyl groups is 1. The van der Waals surface area contributed by atoms with Gasteiger partial charge in [0.1, 0.15) is 12.4 Å². The normalized spacial score (nSPS) is 18.0. The summed E-state index contributed by atoms with van der Waals surface area (Å²) in [5, 5.41) is 10.5. The minimum Gasteiger partial charge on any atom is -0.488 e. The first-order chi connectivity index (χ1) is 8.14. The summed E-state index contributed by atoms with van der Waals surface area (Å²) in [6, 6.07) is 5.01. The van der Waals surface area contributed by atoms with Crippen molar-refractivity contribution >= 4 is 17.9 Å². The Morgan fingerprint density at radius 1 is 1.41 bits per heavy atom. The van der Waals surface area contributed by atoms with Gasteiger partial charge in [0.05, 0.1) is 16.2 Å². The third kappa shape index (κ3) is 2.79. The van der Waals surface area contributed by atoms with Crippen LogP contribution in [-0.4, -0.2) is 23.6 Å². The van der Waals surface area contributed by atoms with Gasteiger partial charge in [-0.3, -0.25) is 4.79 Å². The van der Waals surface area contributed by atoms with E-state index in [-0.39, 0.29) is 6.61 Å². The predicted molar refractivity (Wildman–Crippen MR) is 65.8 cm³/mol. The number of hydrogen-bond donors (Lipinski definition) is 1. The van der Waals surface area contributed by atoms with Gasteiger partial charge >= 0.3 is 0 Å². The van der Waals surface area contributed by atoms with Crippen molar-refractivity contribution in [3.05, 3.63) is 28.8 Å². The molecule has 0 spiro atoms. The molecule has 92 valence electrons. The molecule has 1 aliphatic carbocycles. The summed E-state index contributed by atoms with van der Waals surface area (Å²) >= 11 is 5.97. The van der Waals surface area contributed by atoms with E-state index >= 15 is 0 Å². The molecule has 0 saturated heterocycles. The smallest absolute Gasteiger partial charge is 0.153 e. The second kappa shape index (κ2) is 5.07. The number of carbonyl (C=O) groups is 1. The maximum atomic E-state index is 10.9. The quantitative estimate of drug-likeness (QED) is 0.841. The molecule has 1 aromatic rings. The lowest BCUT2D eigenvalue weighted by atomic mass is 10.0. The van der Waals surface area contributed by atoms with Crippen molar-refractivity contribution < 1.29 is 14.6 Å². The van der Waals surface area contributed by atoms with Gasteiger partial charge in [-0.15, -0.1) is 0 Å². The highest BCUT2D eigenvalue weighted by Gasteiger charge is 2.32. The molecule has 3 nitrogen and oxygen atoms in total. The average molecular weight is 255 g/mol. The van der Waals surface area contributed by atoms with Crippen LogP contribution in [-0.2, 0) is 0 Å². The molecule has 1 aromatic carbocycles. The lowest BCUT2D eigenvalue weighted by molar-refractivity contribution is 0.00126. The summed E-state index contributed by atoms with van der Waals surface area (Å²) < 4.78 is 5.53. The van der Waals surface area contributed by atoms with Crippen molar-refractivity contribution in [3.8, 4) is 5.75 Å². The third-order valence-corrected chi connectivity index (χ3v) is 3.44. The fraction of sp³-hybridized carbons (Fsp3) is 0.462. The summed E-state index contributed by atoms with van der Waals surface area (Å²) in [7, 11) is 0. The number of para-hydroxylation sites is 1. The molecule has 0 unspecified atom stereocenters. The standard InChI is InChI=1S/C13H15ClO3/c14-11-5-3-4-10(8-15)12(11)17-9-13(16)6-1-2-7-13/h3-5,8,16H,1-2,6-7,9H2. The number of carbonyl (C=O) groups excluding carboxylic acids is 1. The van der Waals surface area contributed by atoms with Gasteiger partial charge in [0.25, 0.3) is 0 Å². The van der Waals surface area contributed by atoms with E-state index in [2.05, 4.69) is 0 Å². The van der Waals surface area contributed by atoms with E-state index in [1.165, 1.54) is 0 Å². The van der Waals surface area contributed by atoms with Crippen LogP contribution in [0.3, 0.4) is 0 Å². The molecule has 1 aliphatic rings. The van der Waals surface area contributed by atoms with Crippen molar-refractivity contribution in [2.24, 2.45) is 0 Å². The Kier molecular flexibility index (Phi) is 3.69. The van der Waals surface area contributed by atoms with Crippen molar-refractivity contribution in [2.75, 3.05) is 6.61 Å². The molecule has 0 aliphatic heterocycles. The zero-order valence-corrected chi connectivity index (χ0v) is 10.2. The van der Waals surface area contributed by atoms with Crippen LogP contribution in [0, 0.1) is 0 Å². The maximum Gasteiger partial charge on any atom is 0.153 e. The lowest BCUT2D eigenvalue weighted by Crippen LogP contribution is -2.32. The number of hydrogen-bond acceptors (Lipinski definition) is 3. The number of ether oxygens (including phenoxy) is 1. The van der Waals surface area contributed by atoms with Crippen LogP contribution in [0.5, 0.6) is 5.75 Å². The Morgan fingerprint density at radius 3 is 2.76 bits per heavy atom. The molecule has 0 atom stereocenters. The largest absolute Gasteiger partial charge is 0.488 e. The summed E-state index contributed by atoms with van der Waals surface area (Å²) in [5.41, 5.74) is -0.349. The van der Waals surface area contributed by atoms with Gasteiger partial charge in [0.15, 0.2) is 6.29 Å². The van der Waals surface area contributed by atoms with Crippen LogP contribution < -0.4 is 4.74 Å². The Hall–Kier alpha value is -1.06. The molecule has 0 aromatic heterocycles. The van der Waals surface area contributed by atoms with Crippen LogP contribution in [0.25, 0.3) is 0 Å². The number of benzene rings is 1. The van der Waals surface area contributed by atoms with E-state index in [0.717, 1.165) is 25.7 Å². The van der Waals surface area contributed by atoms with Crippen molar-refractivity contribution in [2.45, 2.75) is 31.3 Å². The summed E-state index contributed by atoms with van der Waals surface area (Å²) in [6.07, 6.45) is 4.23. The Balaban J connectivity index is 2.10. The Labute approximate surface area is 105 Å². The van der Waals surface area contributed by atoms with Crippen molar-refractivity contribution in [1.82, 2.24) is 0 Å². The molecule has 0 amide bonds. The van der Waals surface area contributed by atoms with Gasteiger partial charge in [0, 0.05) is 0 Å². The molecular weight excluding hydrogens is 240 g/mol. The summed E-state index contributed by atoms with van der Waals surface area (Å²) in [4.78, 5) is 10.9. The molecule has 1 saturated carbocycles. The van der Waals surface area contributed by atoms with Crippen molar-refractivity contribution in [3.63, 3.8) is 0 Å². The summed E-state index contributed by atoms with van der Waals surface area (Å²) in [5.74, 6) is 0.365. The van der Waals surface area contributed by atoms with Gasteiger partial charge < -0.3 is 9.84 Å². The molecule has 0 radical (unpaired) electrons. The molecule has 1 fully saturated rings. The second-order valence-electron chi connectivity index (χ2n) is 4.50. The van der Waals surface area contributed by atoms with Gasteiger partial charge in [-0.05, 0) is 25.0 Å². The van der Waals surface area contributed by atoms with E-state index < -0.39 is 5.60 Å². The van der Waals surface area contributed by atoms with Gasteiger partial charge in [-0.2, -0.15) is 0 Å². The molecule has 1 N–H and O–H groups in total. The lowest BCUT2D eigenvalue weighted by Gasteiger charge is -2.23. The number of rotatable bonds is 4. The highest BCUT2D eigenvalue weighted by Crippen LogP contribution is 2.33. The van der Waals surface area contributed by atoms with Crippen molar-refractivity contribution in [1.29, 1.82) is 0 Å². The van der Waals surface area contributed by atoms with E-state index in [1.54, 1.807) is 18.2 Å². The highest BCUT2D eigenvalue weighted by atomic mass is 35.5. The van der Waals surface area contributed by atoms with E-state index in [0.29, 0.717) is 22.6 Å². The van der Waals surface area contributed by atoms with E-state index in [1.807, 2.05) is 0 Å². The maximum absolute atomic E-state index is 10.9. The number of halogens is 1. The monoisotopic (exact) mass is 254 g/mol. The van der Waals surface area contributed by atoms with Crippen LogP contribution >= 0.6 is 11.6 Å². The Bertz CT molecular complexity index is 411. The highest BCUT2D eigenvalue weighted by molar-refractivity contribution is 6.32. The van der Waals surface area contributed by atoms with Crippen LogP contribution in [0.4, 0.5) is 0 Å². The molecule has 2 rings (SSSR count). The molecular formula is C13H15ClO3.